The van der Waals surface area contributed by atoms with Crippen molar-refractivity contribution in [3.8, 4) is 17.4 Å². The molecule has 1 fully saturated rings. The van der Waals surface area contributed by atoms with Gasteiger partial charge < -0.3 is 25.7 Å². The lowest BCUT2D eigenvalue weighted by Gasteiger charge is -2.30. The van der Waals surface area contributed by atoms with Gasteiger partial charge in [0.05, 0.1) is 28.8 Å². The van der Waals surface area contributed by atoms with Crippen LogP contribution in [-0.2, 0) is 13.0 Å². The summed E-state index contributed by atoms with van der Waals surface area (Å²) in [5.74, 6) is 1.09. The molecule has 1 saturated heterocycles. The topological polar surface area (TPSA) is 102 Å². The molecule has 5 rings (SSSR count). The predicted octanol–water partition coefficient (Wildman–Crippen LogP) is 6.26. The molecule has 2 heterocycles. The second kappa shape index (κ2) is 15.3. The Hall–Kier alpha value is -4.00. The van der Waals surface area contributed by atoms with Crippen LogP contribution in [0.25, 0.3) is 11.3 Å². The van der Waals surface area contributed by atoms with E-state index in [0.717, 1.165) is 23.4 Å². The van der Waals surface area contributed by atoms with Crippen LogP contribution in [0.1, 0.15) is 57.8 Å². The first kappa shape index (κ1) is 32.4. The molecule has 0 spiro atoms. The second-order valence-corrected chi connectivity index (χ2v) is 12.1. The molecule has 1 aliphatic heterocycles. The Morgan fingerprint density at radius 1 is 1.11 bits per heavy atom. The van der Waals surface area contributed by atoms with Gasteiger partial charge in [0.1, 0.15) is 17.7 Å². The van der Waals surface area contributed by atoms with Crippen molar-refractivity contribution < 1.29 is 13.6 Å². The summed E-state index contributed by atoms with van der Waals surface area (Å²) in [4.78, 5) is 13.6. The predicted molar refractivity (Wildman–Crippen MR) is 176 cm³/mol. The van der Waals surface area contributed by atoms with Gasteiger partial charge in [-0.15, -0.1) is 0 Å². The summed E-state index contributed by atoms with van der Waals surface area (Å²) < 4.78 is 20.6. The van der Waals surface area contributed by atoms with Crippen LogP contribution < -0.4 is 21.3 Å². The highest BCUT2D eigenvalue weighted by Gasteiger charge is 2.26. The number of furan rings is 1. The average molecular weight is 628 g/mol. The molecule has 0 bridgehead atoms. The van der Waals surface area contributed by atoms with Gasteiger partial charge in [0.15, 0.2) is 0 Å². The minimum absolute atomic E-state index is 0.155. The highest BCUT2D eigenvalue weighted by atomic mass is 35.5. The third kappa shape index (κ3) is 8.80. The van der Waals surface area contributed by atoms with E-state index in [9.17, 15) is 9.18 Å². The minimum Gasteiger partial charge on any atom is -0.460 e. The molecule has 7 nitrogen and oxygen atoms in total. The number of halogens is 2. The molecule has 0 saturated carbocycles. The normalized spacial score (nSPS) is 17.8. The van der Waals surface area contributed by atoms with E-state index in [2.05, 4.69) is 65.4 Å². The van der Waals surface area contributed by atoms with Crippen LogP contribution in [0.3, 0.4) is 0 Å². The van der Waals surface area contributed by atoms with Crippen LogP contribution in [0, 0.1) is 18.3 Å². The maximum Gasteiger partial charge on any atom is 0.253 e. The molecule has 45 heavy (non-hydrogen) atoms. The number of nitrogens with zero attached hydrogens (tertiary/aromatic N) is 1. The first-order valence-corrected chi connectivity index (χ1v) is 15.7. The van der Waals surface area contributed by atoms with Crippen molar-refractivity contribution in [1.29, 1.82) is 5.26 Å². The van der Waals surface area contributed by atoms with Crippen LogP contribution in [0.2, 0.25) is 5.02 Å². The van der Waals surface area contributed by atoms with Gasteiger partial charge in [-0.25, -0.2) is 4.39 Å². The van der Waals surface area contributed by atoms with Gasteiger partial charge in [-0.2, -0.15) is 5.26 Å². The quantitative estimate of drug-likeness (QED) is 0.148. The molecule has 9 heteroatoms. The molecule has 4 atom stereocenters. The van der Waals surface area contributed by atoms with E-state index >= 15 is 0 Å². The van der Waals surface area contributed by atoms with E-state index < -0.39 is 6.17 Å². The molecule has 1 aliphatic rings. The van der Waals surface area contributed by atoms with Crippen LogP contribution in [-0.4, -0.2) is 43.8 Å². The van der Waals surface area contributed by atoms with Crippen LogP contribution in [0.5, 0.6) is 0 Å². The number of amides is 1. The summed E-state index contributed by atoms with van der Waals surface area (Å²) in [6.07, 6.45) is 0.160. The van der Waals surface area contributed by atoms with Crippen molar-refractivity contribution in [2.24, 2.45) is 0 Å². The van der Waals surface area contributed by atoms with Gasteiger partial charge in [-0.3, -0.25) is 4.79 Å². The molecule has 0 radical (unpaired) electrons. The number of nitrogens with one attached hydrogen (secondary N) is 4. The summed E-state index contributed by atoms with van der Waals surface area (Å²) in [6, 6.07) is 26.4. The van der Waals surface area contributed by atoms with E-state index in [1.165, 1.54) is 11.1 Å². The monoisotopic (exact) mass is 627 g/mol. The highest BCUT2D eigenvalue weighted by molar-refractivity contribution is 6.34. The van der Waals surface area contributed by atoms with E-state index in [4.69, 9.17) is 21.3 Å². The van der Waals surface area contributed by atoms with Crippen molar-refractivity contribution >= 4 is 17.5 Å². The Labute approximate surface area is 269 Å². The van der Waals surface area contributed by atoms with Crippen molar-refractivity contribution in [1.82, 2.24) is 21.3 Å². The number of carbonyl (C=O) groups excluding carboxylic acids is 1. The van der Waals surface area contributed by atoms with Crippen LogP contribution in [0.15, 0.2) is 83.3 Å². The Balaban J connectivity index is 1.26. The Morgan fingerprint density at radius 2 is 1.89 bits per heavy atom. The fourth-order valence-corrected chi connectivity index (χ4v) is 5.69. The number of rotatable bonds is 12. The third-order valence-corrected chi connectivity index (χ3v) is 8.58. The van der Waals surface area contributed by atoms with Gasteiger partial charge in [-0.05, 0) is 86.8 Å². The zero-order valence-electron chi connectivity index (χ0n) is 25.6. The number of aryl methyl sites for hydroxylation is 1. The van der Waals surface area contributed by atoms with Crippen LogP contribution >= 0.6 is 11.6 Å². The standard InChI is InChI=1S/C36H39ClFN5O2/c1-23-3-9-27(10-4-23)24(2)41-21-30-12-14-35(45-30)28-11-13-32(37)31(18-28)36(44)43-29(17-25-5-7-26(19-39)8-6-25)20-42-34-15-16-40-22-33(34)38/h3-14,18,24,29,33-34,40-42H,15-17,20-22H2,1-2H3,(H,43,44)/t24?,29?,33-,34+/m0/s1. The number of carbonyl (C=O) groups is 1. The second-order valence-electron chi connectivity index (χ2n) is 11.7. The summed E-state index contributed by atoms with van der Waals surface area (Å²) in [5.41, 5.74) is 5.01. The summed E-state index contributed by atoms with van der Waals surface area (Å²) in [7, 11) is 0. The number of hydrogen-bond acceptors (Lipinski definition) is 6. The molecular formula is C36H39ClFN5O2. The number of alkyl halides is 1. The Kier molecular flexibility index (Phi) is 11.0. The zero-order chi connectivity index (χ0) is 31.8. The van der Waals surface area contributed by atoms with E-state index in [1.54, 1.807) is 24.3 Å². The number of benzene rings is 3. The SMILES string of the molecule is Cc1ccc(C(C)NCc2ccc(-c3ccc(Cl)c(C(=O)NC(CN[C@@H]4CCNC[C@@H]4F)Cc4ccc(C#N)cc4)c3)o2)cc1. The Bertz CT molecular complexity index is 1620. The van der Waals surface area contributed by atoms with E-state index in [1.807, 2.05) is 30.3 Å². The highest BCUT2D eigenvalue weighted by Crippen LogP contribution is 2.27. The smallest absolute Gasteiger partial charge is 0.253 e. The van der Waals surface area contributed by atoms with Crippen molar-refractivity contribution in [2.75, 3.05) is 19.6 Å². The Morgan fingerprint density at radius 3 is 2.62 bits per heavy atom. The molecule has 1 amide bonds. The molecule has 4 N–H and O–H groups in total. The van der Waals surface area contributed by atoms with Crippen LogP contribution in [0.4, 0.5) is 4.39 Å². The van der Waals surface area contributed by atoms with Gasteiger partial charge in [0.2, 0.25) is 0 Å². The average Bonchev–Trinajstić information content (AvgIpc) is 3.53. The lowest BCUT2D eigenvalue weighted by atomic mass is 10.0. The molecule has 1 aromatic heterocycles. The fourth-order valence-electron chi connectivity index (χ4n) is 5.49. The van der Waals surface area contributed by atoms with Crippen molar-refractivity contribution in [2.45, 2.75) is 57.5 Å². The molecule has 4 aromatic rings. The zero-order valence-corrected chi connectivity index (χ0v) is 26.3. The van der Waals surface area contributed by atoms with E-state index in [0.29, 0.717) is 54.4 Å². The summed E-state index contributed by atoms with van der Waals surface area (Å²) in [6.45, 7) is 6.17. The molecule has 3 aromatic carbocycles. The van der Waals surface area contributed by atoms with Crippen molar-refractivity contribution in [3.05, 3.63) is 117 Å². The summed E-state index contributed by atoms with van der Waals surface area (Å²) in [5, 5.41) is 22.5. The van der Waals surface area contributed by atoms with Gasteiger partial charge in [0.25, 0.3) is 5.91 Å². The maximum atomic E-state index is 14.5. The molecular weight excluding hydrogens is 589 g/mol. The lowest BCUT2D eigenvalue weighted by molar-refractivity contribution is 0.0934. The maximum absolute atomic E-state index is 14.5. The van der Waals surface area contributed by atoms with Gasteiger partial charge in [0, 0.05) is 36.8 Å². The van der Waals surface area contributed by atoms with E-state index in [-0.39, 0.29) is 24.0 Å². The number of nitriles is 1. The van der Waals surface area contributed by atoms with Gasteiger partial charge >= 0.3 is 0 Å². The van der Waals surface area contributed by atoms with Crippen molar-refractivity contribution in [3.63, 3.8) is 0 Å². The molecule has 2 unspecified atom stereocenters. The fraction of sp³-hybridized carbons (Fsp3) is 0.333. The van der Waals surface area contributed by atoms with Gasteiger partial charge in [-0.1, -0.05) is 53.6 Å². The molecule has 234 valence electrons. The first-order valence-electron chi connectivity index (χ1n) is 15.4. The summed E-state index contributed by atoms with van der Waals surface area (Å²) >= 11 is 6.53. The number of hydrogen-bond donors (Lipinski definition) is 4. The first-order chi connectivity index (χ1) is 21.8. The largest absolute Gasteiger partial charge is 0.460 e. The third-order valence-electron chi connectivity index (χ3n) is 8.25. The minimum atomic E-state index is -1.00. The lowest BCUT2D eigenvalue weighted by Crippen LogP contribution is -2.53. The molecule has 0 aliphatic carbocycles. The number of piperidine rings is 1.